The van der Waals surface area contributed by atoms with Crippen molar-refractivity contribution >= 4 is 0 Å². The number of rotatable bonds is 8. The summed E-state index contributed by atoms with van der Waals surface area (Å²) in [6.45, 7) is 1.02. The number of aromatic nitrogens is 4. The average molecular weight is 313 g/mol. The van der Waals surface area contributed by atoms with Crippen molar-refractivity contribution in [2.24, 2.45) is 5.92 Å². The molecule has 23 heavy (non-hydrogen) atoms. The Hall–Kier alpha value is -1.75. The van der Waals surface area contributed by atoms with Crippen LogP contribution >= 0.6 is 0 Å². The zero-order valence-electron chi connectivity index (χ0n) is 13.7. The zero-order chi connectivity index (χ0) is 15.7. The summed E-state index contributed by atoms with van der Waals surface area (Å²) in [4.78, 5) is 0. The van der Waals surface area contributed by atoms with E-state index < -0.39 is 0 Å². The van der Waals surface area contributed by atoms with Crippen LogP contribution in [0.5, 0.6) is 0 Å². The molecule has 1 fully saturated rings. The van der Waals surface area contributed by atoms with Crippen LogP contribution in [0.3, 0.4) is 0 Å². The van der Waals surface area contributed by atoms with Gasteiger partial charge in [-0.3, -0.25) is 0 Å². The molecule has 1 aromatic carbocycles. The van der Waals surface area contributed by atoms with E-state index in [1.165, 1.54) is 37.7 Å². The second-order valence-electron chi connectivity index (χ2n) is 6.58. The van der Waals surface area contributed by atoms with Crippen LogP contribution in [-0.4, -0.2) is 33.2 Å². The fourth-order valence-electron chi connectivity index (χ4n) is 3.63. The SMILES string of the molecule is c1ccc(CC(NCCCc2nn[nH]n2)C2CCCCC2)cc1. The van der Waals surface area contributed by atoms with Gasteiger partial charge in [0.25, 0.3) is 0 Å². The number of tetrazole rings is 1. The maximum atomic E-state index is 4.02. The zero-order valence-corrected chi connectivity index (χ0v) is 13.7. The van der Waals surface area contributed by atoms with Gasteiger partial charge in [-0.15, -0.1) is 10.2 Å². The summed E-state index contributed by atoms with van der Waals surface area (Å²) in [5.41, 5.74) is 1.44. The molecule has 1 unspecified atom stereocenters. The number of aryl methyl sites for hydroxylation is 1. The van der Waals surface area contributed by atoms with Crippen molar-refractivity contribution in [3.63, 3.8) is 0 Å². The van der Waals surface area contributed by atoms with Gasteiger partial charge in [0.15, 0.2) is 5.82 Å². The molecule has 0 spiro atoms. The van der Waals surface area contributed by atoms with Gasteiger partial charge in [0, 0.05) is 12.5 Å². The lowest BCUT2D eigenvalue weighted by Crippen LogP contribution is -2.39. The fourth-order valence-corrected chi connectivity index (χ4v) is 3.63. The molecule has 1 heterocycles. The lowest BCUT2D eigenvalue weighted by molar-refractivity contribution is 0.266. The second kappa shape index (κ2) is 8.77. The number of aromatic amines is 1. The molecule has 5 nitrogen and oxygen atoms in total. The van der Waals surface area contributed by atoms with Crippen molar-refractivity contribution in [2.75, 3.05) is 6.54 Å². The number of benzene rings is 1. The first-order valence-electron chi connectivity index (χ1n) is 8.91. The smallest absolute Gasteiger partial charge is 0.174 e. The Bertz CT molecular complexity index is 534. The molecule has 1 saturated carbocycles. The van der Waals surface area contributed by atoms with E-state index in [1.54, 1.807) is 0 Å². The lowest BCUT2D eigenvalue weighted by atomic mass is 9.81. The molecular weight excluding hydrogens is 286 g/mol. The van der Waals surface area contributed by atoms with Gasteiger partial charge < -0.3 is 5.32 Å². The third kappa shape index (κ3) is 5.13. The van der Waals surface area contributed by atoms with E-state index in [0.29, 0.717) is 6.04 Å². The van der Waals surface area contributed by atoms with Crippen molar-refractivity contribution in [2.45, 2.75) is 57.4 Å². The molecule has 0 amide bonds. The molecule has 0 bridgehead atoms. The molecule has 1 aliphatic carbocycles. The Morgan fingerprint density at radius 2 is 1.96 bits per heavy atom. The second-order valence-corrected chi connectivity index (χ2v) is 6.58. The first-order valence-corrected chi connectivity index (χ1v) is 8.91. The Morgan fingerprint density at radius 1 is 1.13 bits per heavy atom. The highest BCUT2D eigenvalue weighted by molar-refractivity contribution is 5.16. The molecular formula is C18H27N5. The first-order chi connectivity index (χ1) is 11.4. The number of hydrogen-bond donors (Lipinski definition) is 2. The minimum absolute atomic E-state index is 0.586. The predicted molar refractivity (Wildman–Crippen MR) is 91.0 cm³/mol. The third-order valence-electron chi connectivity index (χ3n) is 4.89. The van der Waals surface area contributed by atoms with Gasteiger partial charge in [-0.05, 0) is 43.7 Å². The number of nitrogens with zero attached hydrogens (tertiary/aromatic N) is 3. The summed E-state index contributed by atoms with van der Waals surface area (Å²) in [5.74, 6) is 1.62. The van der Waals surface area contributed by atoms with Gasteiger partial charge in [0.1, 0.15) is 0 Å². The van der Waals surface area contributed by atoms with Crippen molar-refractivity contribution < 1.29 is 0 Å². The van der Waals surface area contributed by atoms with E-state index >= 15 is 0 Å². The number of nitrogens with one attached hydrogen (secondary N) is 2. The molecule has 2 aromatic rings. The normalized spacial score (nSPS) is 17.2. The summed E-state index contributed by atoms with van der Waals surface area (Å²) in [6, 6.07) is 11.5. The minimum atomic E-state index is 0.586. The first kappa shape index (κ1) is 16.1. The number of H-pyrrole nitrogens is 1. The molecule has 1 aliphatic rings. The Balaban J connectivity index is 1.51. The molecule has 1 aromatic heterocycles. The van der Waals surface area contributed by atoms with Crippen LogP contribution < -0.4 is 5.32 Å². The molecule has 0 saturated heterocycles. The summed E-state index contributed by atoms with van der Waals surface area (Å²) < 4.78 is 0. The molecule has 1 atom stereocenters. The van der Waals surface area contributed by atoms with Crippen LogP contribution in [0, 0.1) is 5.92 Å². The Morgan fingerprint density at radius 3 is 2.70 bits per heavy atom. The van der Waals surface area contributed by atoms with Gasteiger partial charge in [0.05, 0.1) is 0 Å². The van der Waals surface area contributed by atoms with Gasteiger partial charge in [-0.2, -0.15) is 5.21 Å². The minimum Gasteiger partial charge on any atom is -0.313 e. The van der Waals surface area contributed by atoms with Gasteiger partial charge in [-0.1, -0.05) is 54.8 Å². The van der Waals surface area contributed by atoms with Crippen molar-refractivity contribution in [1.29, 1.82) is 0 Å². The summed E-state index contributed by atoms with van der Waals surface area (Å²) >= 11 is 0. The molecule has 5 heteroatoms. The highest BCUT2D eigenvalue weighted by Gasteiger charge is 2.23. The van der Waals surface area contributed by atoms with Crippen LogP contribution in [0.25, 0.3) is 0 Å². The third-order valence-corrected chi connectivity index (χ3v) is 4.89. The standard InChI is InChI=1S/C18H27N5/c1-3-8-15(9-4-1)14-17(16-10-5-2-6-11-16)19-13-7-12-18-20-22-23-21-18/h1,3-4,8-9,16-17,19H,2,5-7,10-14H2,(H,20,21,22,23). The number of hydrogen-bond acceptors (Lipinski definition) is 4. The fraction of sp³-hybridized carbons (Fsp3) is 0.611. The van der Waals surface area contributed by atoms with Crippen molar-refractivity contribution in [3.8, 4) is 0 Å². The lowest BCUT2D eigenvalue weighted by Gasteiger charge is -2.31. The van der Waals surface area contributed by atoms with Gasteiger partial charge in [-0.25, -0.2) is 0 Å². The monoisotopic (exact) mass is 313 g/mol. The summed E-state index contributed by atoms with van der Waals surface area (Å²) in [6.07, 6.45) is 10.00. The predicted octanol–water partition coefficient (Wildman–Crippen LogP) is 2.91. The van der Waals surface area contributed by atoms with Gasteiger partial charge >= 0.3 is 0 Å². The maximum Gasteiger partial charge on any atom is 0.174 e. The summed E-state index contributed by atoms with van der Waals surface area (Å²) in [5, 5.41) is 18.0. The topological polar surface area (TPSA) is 66.5 Å². The van der Waals surface area contributed by atoms with Crippen LogP contribution in [0.2, 0.25) is 0 Å². The van der Waals surface area contributed by atoms with E-state index in [0.717, 1.165) is 37.5 Å². The van der Waals surface area contributed by atoms with Crippen LogP contribution in [0.4, 0.5) is 0 Å². The van der Waals surface area contributed by atoms with E-state index in [-0.39, 0.29) is 0 Å². The maximum absolute atomic E-state index is 4.02. The molecule has 3 rings (SSSR count). The average Bonchev–Trinajstić information content (AvgIpc) is 3.13. The quantitative estimate of drug-likeness (QED) is 0.735. The molecule has 0 radical (unpaired) electrons. The van der Waals surface area contributed by atoms with E-state index in [9.17, 15) is 0 Å². The molecule has 124 valence electrons. The van der Waals surface area contributed by atoms with E-state index in [4.69, 9.17) is 0 Å². The highest BCUT2D eigenvalue weighted by Crippen LogP contribution is 2.28. The van der Waals surface area contributed by atoms with Crippen LogP contribution in [0.1, 0.15) is 49.9 Å². The van der Waals surface area contributed by atoms with Crippen molar-refractivity contribution in [1.82, 2.24) is 25.9 Å². The summed E-state index contributed by atoms with van der Waals surface area (Å²) in [7, 11) is 0. The largest absolute Gasteiger partial charge is 0.313 e. The highest BCUT2D eigenvalue weighted by atomic mass is 15.5. The van der Waals surface area contributed by atoms with Crippen LogP contribution in [0.15, 0.2) is 30.3 Å². The van der Waals surface area contributed by atoms with E-state index in [1.807, 2.05) is 0 Å². The molecule has 0 aliphatic heterocycles. The van der Waals surface area contributed by atoms with Crippen LogP contribution in [-0.2, 0) is 12.8 Å². The van der Waals surface area contributed by atoms with Crippen molar-refractivity contribution in [3.05, 3.63) is 41.7 Å². The van der Waals surface area contributed by atoms with Gasteiger partial charge in [0.2, 0.25) is 0 Å². The Labute approximate surface area is 138 Å². The molecule has 2 N–H and O–H groups in total. The van der Waals surface area contributed by atoms with E-state index in [2.05, 4.69) is 56.3 Å². The Kier molecular flexibility index (Phi) is 6.15.